The first-order valence-corrected chi connectivity index (χ1v) is 8.18. The average molecular weight is 391 g/mol. The lowest BCUT2D eigenvalue weighted by atomic mass is 10.0. The molecule has 112 valence electrons. The zero-order valence-electron chi connectivity index (χ0n) is 11.9. The van der Waals surface area contributed by atoms with Crippen LogP contribution >= 0.6 is 22.6 Å². The Labute approximate surface area is 133 Å². The number of hydrogen-bond donors (Lipinski definition) is 1. The predicted octanol–water partition coefficient (Wildman–Crippen LogP) is 2.53. The van der Waals surface area contributed by atoms with Gasteiger partial charge in [0, 0.05) is 19.4 Å². The maximum atomic E-state index is 6.02. The second-order valence-corrected chi connectivity index (χ2v) is 6.14. The molecule has 0 bridgehead atoms. The van der Waals surface area contributed by atoms with Crippen molar-refractivity contribution in [2.75, 3.05) is 32.7 Å². The number of ether oxygens (including phenoxy) is 2. The van der Waals surface area contributed by atoms with Crippen LogP contribution in [0.3, 0.4) is 0 Å². The summed E-state index contributed by atoms with van der Waals surface area (Å²) in [7, 11) is 1.67. The van der Waals surface area contributed by atoms with Gasteiger partial charge in [0.05, 0.1) is 29.1 Å². The van der Waals surface area contributed by atoms with Crippen LogP contribution in [0, 0.1) is 3.57 Å². The first-order valence-electron chi connectivity index (χ1n) is 7.11. The first kappa shape index (κ1) is 15.9. The highest BCUT2D eigenvalue weighted by Gasteiger charge is 2.23. The molecule has 0 aliphatic heterocycles. The highest BCUT2D eigenvalue weighted by molar-refractivity contribution is 14.1. The molecule has 0 unspecified atom stereocenters. The van der Waals surface area contributed by atoms with Gasteiger partial charge in [0.2, 0.25) is 0 Å². The number of nitrogens with zero attached hydrogens (tertiary/aromatic N) is 2. The highest BCUT2D eigenvalue weighted by atomic mass is 127. The molecule has 1 heterocycles. The van der Waals surface area contributed by atoms with E-state index in [0.29, 0.717) is 38.0 Å². The van der Waals surface area contributed by atoms with E-state index in [1.165, 1.54) is 25.7 Å². The maximum absolute atomic E-state index is 6.02. The average Bonchev–Trinajstić information content (AvgIpc) is 2.96. The van der Waals surface area contributed by atoms with E-state index >= 15 is 0 Å². The lowest BCUT2D eigenvalue weighted by molar-refractivity contribution is 0.0716. The lowest BCUT2D eigenvalue weighted by Crippen LogP contribution is -2.12. The fraction of sp³-hybridized carbons (Fsp3) is 0.714. The fourth-order valence-corrected chi connectivity index (χ4v) is 3.20. The lowest BCUT2D eigenvalue weighted by Gasteiger charge is -2.14. The summed E-state index contributed by atoms with van der Waals surface area (Å²) < 4.78 is 11.4. The second kappa shape index (κ2) is 8.09. The molecule has 1 aliphatic rings. The number of anilines is 1. The minimum absolute atomic E-state index is 0.556. The summed E-state index contributed by atoms with van der Waals surface area (Å²) in [5, 5.41) is 0. The van der Waals surface area contributed by atoms with E-state index < -0.39 is 0 Å². The molecule has 1 saturated carbocycles. The quantitative estimate of drug-likeness (QED) is 0.572. The van der Waals surface area contributed by atoms with Crippen molar-refractivity contribution in [1.82, 2.24) is 9.97 Å². The number of aromatic nitrogens is 2. The van der Waals surface area contributed by atoms with Gasteiger partial charge in [0.25, 0.3) is 0 Å². The summed E-state index contributed by atoms with van der Waals surface area (Å²) in [5.41, 5.74) is 7.16. The molecular formula is C14H22IN3O2. The van der Waals surface area contributed by atoms with E-state index in [1.807, 2.05) is 0 Å². The molecule has 0 atom stereocenters. The zero-order valence-corrected chi connectivity index (χ0v) is 14.1. The predicted molar refractivity (Wildman–Crippen MR) is 86.8 cm³/mol. The monoisotopic (exact) mass is 391 g/mol. The summed E-state index contributed by atoms with van der Waals surface area (Å²) in [5.74, 6) is 1.96. The number of halogens is 1. The molecule has 1 aliphatic carbocycles. The Hall–Kier alpha value is -0.470. The third-order valence-corrected chi connectivity index (χ3v) is 4.70. The van der Waals surface area contributed by atoms with Crippen LogP contribution in [0.2, 0.25) is 0 Å². The molecule has 0 saturated heterocycles. The van der Waals surface area contributed by atoms with Crippen LogP contribution in [0.1, 0.15) is 43.1 Å². The molecule has 2 rings (SSSR count). The van der Waals surface area contributed by atoms with E-state index in [1.54, 1.807) is 7.11 Å². The van der Waals surface area contributed by atoms with E-state index in [2.05, 4.69) is 27.6 Å². The third-order valence-electron chi connectivity index (χ3n) is 3.59. The summed E-state index contributed by atoms with van der Waals surface area (Å²) in [6.45, 7) is 1.82. The van der Waals surface area contributed by atoms with Crippen molar-refractivity contribution in [1.29, 1.82) is 0 Å². The second-order valence-electron chi connectivity index (χ2n) is 5.06. The van der Waals surface area contributed by atoms with E-state index in [-0.39, 0.29) is 0 Å². The van der Waals surface area contributed by atoms with Crippen LogP contribution in [0.4, 0.5) is 5.82 Å². The molecule has 0 amide bonds. The Kier molecular flexibility index (Phi) is 6.44. The van der Waals surface area contributed by atoms with Crippen LogP contribution in [-0.4, -0.2) is 36.9 Å². The van der Waals surface area contributed by atoms with Gasteiger partial charge in [0.1, 0.15) is 11.6 Å². The van der Waals surface area contributed by atoms with Crippen molar-refractivity contribution in [3.8, 4) is 0 Å². The molecule has 0 radical (unpaired) electrons. The van der Waals surface area contributed by atoms with Crippen molar-refractivity contribution in [3.05, 3.63) is 15.1 Å². The van der Waals surface area contributed by atoms with Crippen LogP contribution in [0.25, 0.3) is 0 Å². The Bertz CT molecular complexity index is 437. The minimum atomic E-state index is 0.556. The molecule has 2 N–H and O–H groups in total. The Morgan fingerprint density at radius 3 is 2.65 bits per heavy atom. The summed E-state index contributed by atoms with van der Waals surface area (Å²) in [6.07, 6.45) is 5.72. The standard InChI is InChI=1S/C14H22IN3O2/c1-19-8-9-20-7-6-11-17-13(10-4-2-3-5-10)12(15)14(16)18-11/h10H,2-9H2,1H3,(H2,16,17,18). The number of nitrogens with two attached hydrogens (primary N) is 1. The van der Waals surface area contributed by atoms with Crippen LogP contribution in [0.15, 0.2) is 0 Å². The maximum Gasteiger partial charge on any atom is 0.140 e. The van der Waals surface area contributed by atoms with Gasteiger partial charge in [-0.3, -0.25) is 0 Å². The third kappa shape index (κ3) is 4.26. The molecule has 20 heavy (non-hydrogen) atoms. The largest absolute Gasteiger partial charge is 0.383 e. The molecule has 6 heteroatoms. The van der Waals surface area contributed by atoms with Gasteiger partial charge in [-0.05, 0) is 35.4 Å². The Balaban J connectivity index is 1.98. The van der Waals surface area contributed by atoms with E-state index in [0.717, 1.165) is 15.1 Å². The highest BCUT2D eigenvalue weighted by Crippen LogP contribution is 2.36. The van der Waals surface area contributed by atoms with Gasteiger partial charge >= 0.3 is 0 Å². The number of methoxy groups -OCH3 is 1. The van der Waals surface area contributed by atoms with Crippen LogP contribution in [-0.2, 0) is 15.9 Å². The van der Waals surface area contributed by atoms with Crippen LogP contribution in [0.5, 0.6) is 0 Å². The van der Waals surface area contributed by atoms with Crippen molar-refractivity contribution < 1.29 is 9.47 Å². The topological polar surface area (TPSA) is 70.3 Å². The fourth-order valence-electron chi connectivity index (χ4n) is 2.52. The van der Waals surface area contributed by atoms with Crippen molar-refractivity contribution in [3.63, 3.8) is 0 Å². The number of nitrogen functional groups attached to an aromatic ring is 1. The summed E-state index contributed by atoms with van der Waals surface area (Å²) >= 11 is 2.27. The SMILES string of the molecule is COCCOCCc1nc(N)c(I)c(C2CCCC2)n1. The zero-order chi connectivity index (χ0) is 14.4. The Morgan fingerprint density at radius 2 is 1.95 bits per heavy atom. The number of hydrogen-bond acceptors (Lipinski definition) is 5. The molecule has 1 fully saturated rings. The van der Waals surface area contributed by atoms with Gasteiger partial charge in [-0.1, -0.05) is 12.8 Å². The van der Waals surface area contributed by atoms with Gasteiger partial charge < -0.3 is 15.2 Å². The molecular weight excluding hydrogens is 369 g/mol. The minimum Gasteiger partial charge on any atom is -0.383 e. The first-order chi connectivity index (χ1) is 9.72. The van der Waals surface area contributed by atoms with Crippen LogP contribution < -0.4 is 5.73 Å². The van der Waals surface area contributed by atoms with E-state index in [9.17, 15) is 0 Å². The molecule has 0 aromatic carbocycles. The van der Waals surface area contributed by atoms with E-state index in [4.69, 9.17) is 20.2 Å². The van der Waals surface area contributed by atoms with Gasteiger partial charge in [-0.25, -0.2) is 9.97 Å². The smallest absolute Gasteiger partial charge is 0.140 e. The van der Waals surface area contributed by atoms with Gasteiger partial charge in [-0.15, -0.1) is 0 Å². The normalized spacial score (nSPS) is 15.9. The van der Waals surface area contributed by atoms with Crippen molar-refractivity contribution in [2.24, 2.45) is 0 Å². The number of rotatable bonds is 7. The van der Waals surface area contributed by atoms with Gasteiger partial charge in [-0.2, -0.15) is 0 Å². The summed E-state index contributed by atoms with van der Waals surface area (Å²) in [4.78, 5) is 9.09. The molecule has 1 aromatic rings. The molecule has 1 aromatic heterocycles. The van der Waals surface area contributed by atoms with Crippen molar-refractivity contribution >= 4 is 28.4 Å². The summed E-state index contributed by atoms with van der Waals surface area (Å²) in [6, 6.07) is 0. The molecule has 0 spiro atoms. The van der Waals surface area contributed by atoms with Crippen molar-refractivity contribution in [2.45, 2.75) is 38.0 Å². The Morgan fingerprint density at radius 1 is 1.20 bits per heavy atom. The van der Waals surface area contributed by atoms with Gasteiger partial charge in [0.15, 0.2) is 0 Å². The molecule has 5 nitrogen and oxygen atoms in total.